The van der Waals surface area contributed by atoms with E-state index in [-0.39, 0.29) is 6.04 Å². The van der Waals surface area contributed by atoms with E-state index in [1.165, 1.54) is 11.3 Å². The van der Waals surface area contributed by atoms with Gasteiger partial charge in [0.2, 0.25) is 6.79 Å². The van der Waals surface area contributed by atoms with E-state index in [1.807, 2.05) is 12.1 Å². The zero-order chi connectivity index (χ0) is 12.8. The van der Waals surface area contributed by atoms with Gasteiger partial charge in [0, 0.05) is 29.7 Å². The molecular weight excluding hydrogens is 240 g/mol. The molecule has 0 spiro atoms. The molecule has 1 aliphatic heterocycles. The van der Waals surface area contributed by atoms with Crippen LogP contribution in [0.25, 0.3) is 5.69 Å². The highest BCUT2D eigenvalue weighted by Gasteiger charge is 2.21. The molecule has 1 atom stereocenters. The summed E-state index contributed by atoms with van der Waals surface area (Å²) in [6.07, 6.45) is 5.43. The second-order valence-corrected chi connectivity index (χ2v) is 5.12. The molecule has 4 rings (SSSR count). The molecule has 0 saturated heterocycles. The fourth-order valence-corrected chi connectivity index (χ4v) is 3.00. The Kier molecular flexibility index (Phi) is 2.32. The Balaban J connectivity index is 1.81. The van der Waals surface area contributed by atoms with Gasteiger partial charge in [0.25, 0.3) is 0 Å². The number of rotatable bonds is 1. The number of hydrogen-bond donors (Lipinski definition) is 1. The third-order valence-electron chi connectivity index (χ3n) is 3.99. The van der Waals surface area contributed by atoms with Gasteiger partial charge < -0.3 is 19.8 Å². The molecule has 1 unspecified atom stereocenters. The molecule has 1 aliphatic carbocycles. The van der Waals surface area contributed by atoms with Gasteiger partial charge in [-0.3, -0.25) is 0 Å². The highest BCUT2D eigenvalue weighted by molar-refractivity contribution is 5.51. The van der Waals surface area contributed by atoms with E-state index < -0.39 is 0 Å². The molecule has 2 N–H and O–H groups in total. The lowest BCUT2D eigenvalue weighted by atomic mass is 9.93. The van der Waals surface area contributed by atoms with Crippen molar-refractivity contribution in [3.05, 3.63) is 41.7 Å². The fraction of sp³-hybridized carbons (Fsp3) is 0.333. The maximum Gasteiger partial charge on any atom is 0.231 e. The molecule has 4 nitrogen and oxygen atoms in total. The number of nitrogens with two attached hydrogens (primary N) is 1. The third-order valence-corrected chi connectivity index (χ3v) is 3.99. The van der Waals surface area contributed by atoms with Crippen molar-refractivity contribution < 1.29 is 9.47 Å². The van der Waals surface area contributed by atoms with Crippen molar-refractivity contribution >= 4 is 0 Å². The molecule has 2 heterocycles. The summed E-state index contributed by atoms with van der Waals surface area (Å²) in [6, 6.07) is 8.38. The Labute approximate surface area is 111 Å². The molecule has 4 heteroatoms. The number of aromatic nitrogens is 1. The predicted octanol–water partition coefficient (Wildman–Crippen LogP) is 2.54. The van der Waals surface area contributed by atoms with Crippen LogP contribution in [0.3, 0.4) is 0 Å². The van der Waals surface area contributed by atoms with E-state index in [4.69, 9.17) is 15.2 Å². The monoisotopic (exact) mass is 256 g/mol. The topological polar surface area (TPSA) is 49.4 Å². The van der Waals surface area contributed by atoms with Gasteiger partial charge in [0.1, 0.15) is 0 Å². The summed E-state index contributed by atoms with van der Waals surface area (Å²) in [5.41, 5.74) is 9.89. The van der Waals surface area contributed by atoms with Gasteiger partial charge in [-0.1, -0.05) is 0 Å². The summed E-state index contributed by atoms with van der Waals surface area (Å²) in [5, 5.41) is 0. The van der Waals surface area contributed by atoms with E-state index in [0.717, 1.165) is 36.4 Å². The smallest absolute Gasteiger partial charge is 0.231 e. The average Bonchev–Trinajstić information content (AvgIpc) is 3.04. The molecule has 2 aliphatic rings. The van der Waals surface area contributed by atoms with Gasteiger partial charge in [-0.15, -0.1) is 0 Å². The van der Waals surface area contributed by atoms with Crippen LogP contribution in [0.1, 0.15) is 30.1 Å². The lowest BCUT2D eigenvalue weighted by Gasteiger charge is -2.21. The van der Waals surface area contributed by atoms with E-state index in [1.54, 1.807) is 0 Å². The molecule has 0 saturated carbocycles. The quantitative estimate of drug-likeness (QED) is 0.853. The maximum absolute atomic E-state index is 6.17. The lowest BCUT2D eigenvalue weighted by molar-refractivity contribution is 0.174. The average molecular weight is 256 g/mol. The first-order chi connectivity index (χ1) is 9.33. The zero-order valence-electron chi connectivity index (χ0n) is 10.6. The van der Waals surface area contributed by atoms with Crippen LogP contribution in [0.4, 0.5) is 0 Å². The zero-order valence-corrected chi connectivity index (χ0v) is 10.6. The summed E-state index contributed by atoms with van der Waals surface area (Å²) in [5.74, 6) is 1.64. The van der Waals surface area contributed by atoms with Crippen molar-refractivity contribution in [3.63, 3.8) is 0 Å². The minimum atomic E-state index is 0.180. The number of fused-ring (bicyclic) bond motifs is 2. The van der Waals surface area contributed by atoms with Crippen molar-refractivity contribution in [3.8, 4) is 17.2 Å². The number of hydrogen-bond acceptors (Lipinski definition) is 3. The predicted molar refractivity (Wildman–Crippen MR) is 71.8 cm³/mol. The molecule has 0 bridgehead atoms. The molecule has 1 aromatic heterocycles. The van der Waals surface area contributed by atoms with Crippen molar-refractivity contribution in [1.29, 1.82) is 0 Å². The molecule has 98 valence electrons. The largest absolute Gasteiger partial charge is 0.454 e. The van der Waals surface area contributed by atoms with E-state index in [2.05, 4.69) is 22.9 Å². The number of nitrogens with zero attached hydrogens (tertiary/aromatic N) is 1. The van der Waals surface area contributed by atoms with E-state index in [9.17, 15) is 0 Å². The molecule has 0 amide bonds. The second-order valence-electron chi connectivity index (χ2n) is 5.12. The molecule has 0 fully saturated rings. The van der Waals surface area contributed by atoms with Gasteiger partial charge in [-0.2, -0.15) is 0 Å². The van der Waals surface area contributed by atoms with Crippen molar-refractivity contribution in [2.75, 3.05) is 6.79 Å². The van der Waals surface area contributed by atoms with Gasteiger partial charge >= 0.3 is 0 Å². The molecule has 2 aromatic rings. The second kappa shape index (κ2) is 4.03. The van der Waals surface area contributed by atoms with Crippen LogP contribution in [-0.2, 0) is 6.42 Å². The van der Waals surface area contributed by atoms with Crippen LogP contribution in [0, 0.1) is 0 Å². The standard InChI is InChI=1S/C15H16N2O2/c16-12-2-1-3-13-11(12)6-7-17(13)10-4-5-14-15(8-10)19-9-18-14/h4-8,12H,1-3,9,16H2. The van der Waals surface area contributed by atoms with Crippen molar-refractivity contribution in [2.24, 2.45) is 5.73 Å². The molecule has 19 heavy (non-hydrogen) atoms. The highest BCUT2D eigenvalue weighted by Crippen LogP contribution is 2.36. The first-order valence-electron chi connectivity index (χ1n) is 6.68. The van der Waals surface area contributed by atoms with E-state index >= 15 is 0 Å². The normalized spacial score (nSPS) is 20.4. The first-order valence-corrected chi connectivity index (χ1v) is 6.68. The van der Waals surface area contributed by atoms with Crippen molar-refractivity contribution in [1.82, 2.24) is 4.57 Å². The Morgan fingerprint density at radius 1 is 1.16 bits per heavy atom. The Morgan fingerprint density at radius 2 is 2.05 bits per heavy atom. The van der Waals surface area contributed by atoms with Crippen LogP contribution in [-0.4, -0.2) is 11.4 Å². The van der Waals surface area contributed by atoms with Crippen molar-refractivity contribution in [2.45, 2.75) is 25.3 Å². The Morgan fingerprint density at radius 3 is 3.00 bits per heavy atom. The Bertz CT molecular complexity index is 633. The van der Waals surface area contributed by atoms with Crippen LogP contribution >= 0.6 is 0 Å². The van der Waals surface area contributed by atoms with Crippen LogP contribution in [0.15, 0.2) is 30.5 Å². The SMILES string of the molecule is NC1CCCc2c1ccn2-c1ccc2c(c1)OCO2. The van der Waals surface area contributed by atoms with Gasteiger partial charge in [0.05, 0.1) is 0 Å². The van der Waals surface area contributed by atoms with Gasteiger partial charge in [0.15, 0.2) is 11.5 Å². The molecular formula is C15H16N2O2. The minimum Gasteiger partial charge on any atom is -0.454 e. The summed E-state index contributed by atoms with van der Waals surface area (Å²) in [6.45, 7) is 0.313. The van der Waals surface area contributed by atoms with Crippen LogP contribution in [0.2, 0.25) is 0 Å². The third kappa shape index (κ3) is 1.64. The van der Waals surface area contributed by atoms with Crippen LogP contribution in [0.5, 0.6) is 11.5 Å². The summed E-state index contributed by atoms with van der Waals surface area (Å²) in [4.78, 5) is 0. The lowest BCUT2D eigenvalue weighted by Crippen LogP contribution is -2.17. The number of ether oxygens (including phenoxy) is 2. The van der Waals surface area contributed by atoms with E-state index in [0.29, 0.717) is 6.79 Å². The van der Waals surface area contributed by atoms with Crippen LogP contribution < -0.4 is 15.2 Å². The number of benzene rings is 1. The summed E-state index contributed by atoms with van der Waals surface area (Å²) in [7, 11) is 0. The minimum absolute atomic E-state index is 0.180. The Hall–Kier alpha value is -1.94. The summed E-state index contributed by atoms with van der Waals surface area (Å²) >= 11 is 0. The fourth-order valence-electron chi connectivity index (χ4n) is 3.00. The first kappa shape index (κ1) is 10.9. The highest BCUT2D eigenvalue weighted by atomic mass is 16.7. The van der Waals surface area contributed by atoms with Gasteiger partial charge in [-0.25, -0.2) is 0 Å². The van der Waals surface area contributed by atoms with Gasteiger partial charge in [-0.05, 0) is 43.0 Å². The maximum atomic E-state index is 6.17. The molecule has 0 radical (unpaired) electrons. The molecule has 1 aromatic carbocycles. The summed E-state index contributed by atoms with van der Waals surface area (Å²) < 4.78 is 13.0.